The third-order valence-electron chi connectivity index (χ3n) is 5.05. The first-order chi connectivity index (χ1) is 11.4. The Bertz CT molecular complexity index is 774. The molecule has 2 atom stereocenters. The van der Waals surface area contributed by atoms with Crippen molar-refractivity contribution < 1.29 is 13.2 Å². The number of aromatic nitrogens is 4. The van der Waals surface area contributed by atoms with Gasteiger partial charge in [0.15, 0.2) is 5.69 Å². The molecule has 0 unspecified atom stereocenters. The number of halogens is 3. The van der Waals surface area contributed by atoms with Gasteiger partial charge in [-0.15, -0.1) is 0 Å². The van der Waals surface area contributed by atoms with Crippen molar-refractivity contribution in [3.63, 3.8) is 0 Å². The first kappa shape index (κ1) is 15.7. The van der Waals surface area contributed by atoms with Crippen LogP contribution in [-0.2, 0) is 26.2 Å². The van der Waals surface area contributed by atoms with E-state index in [1.165, 1.54) is 11.1 Å². The van der Waals surface area contributed by atoms with E-state index < -0.39 is 11.9 Å². The van der Waals surface area contributed by atoms with Crippen LogP contribution in [0.15, 0.2) is 6.07 Å². The van der Waals surface area contributed by atoms with Gasteiger partial charge in [0, 0.05) is 25.2 Å². The summed E-state index contributed by atoms with van der Waals surface area (Å²) in [5.41, 5.74) is 2.49. The summed E-state index contributed by atoms with van der Waals surface area (Å²) < 4.78 is 42.4. The van der Waals surface area contributed by atoms with Crippen molar-refractivity contribution in [3.05, 3.63) is 23.0 Å². The minimum absolute atomic E-state index is 0.215. The number of aryl methyl sites for hydroxylation is 2. The van der Waals surface area contributed by atoms with Gasteiger partial charge in [-0.3, -0.25) is 9.36 Å². The largest absolute Gasteiger partial charge is 0.435 e. The molecular formula is C16H20F3N5. The third kappa shape index (κ3) is 2.35. The maximum atomic E-state index is 13.1. The van der Waals surface area contributed by atoms with Gasteiger partial charge in [0.25, 0.3) is 0 Å². The number of fused-ring (bicyclic) bond motifs is 4. The third-order valence-corrected chi connectivity index (χ3v) is 5.05. The fraction of sp³-hybridized carbons (Fsp3) is 0.625. The van der Waals surface area contributed by atoms with Gasteiger partial charge in [-0.25, -0.2) is 0 Å². The second-order valence-corrected chi connectivity index (χ2v) is 6.62. The molecule has 2 aromatic rings. The minimum atomic E-state index is -4.44. The highest BCUT2D eigenvalue weighted by atomic mass is 19.4. The van der Waals surface area contributed by atoms with Crippen LogP contribution in [0.4, 0.5) is 13.2 Å². The summed E-state index contributed by atoms with van der Waals surface area (Å²) in [4.78, 5) is 0. The van der Waals surface area contributed by atoms with E-state index >= 15 is 0 Å². The van der Waals surface area contributed by atoms with Crippen LogP contribution >= 0.6 is 0 Å². The van der Waals surface area contributed by atoms with Crippen LogP contribution in [0, 0.1) is 0 Å². The normalized spacial score (nSPS) is 23.4. The van der Waals surface area contributed by atoms with Crippen LogP contribution in [0.25, 0.3) is 11.4 Å². The molecule has 1 N–H and O–H groups in total. The molecule has 0 saturated carbocycles. The van der Waals surface area contributed by atoms with Crippen LogP contribution in [0.2, 0.25) is 0 Å². The molecule has 2 aromatic heterocycles. The molecule has 0 spiro atoms. The molecule has 130 valence electrons. The Hall–Kier alpha value is -1.83. The van der Waals surface area contributed by atoms with E-state index in [9.17, 15) is 13.2 Å². The van der Waals surface area contributed by atoms with E-state index in [0.29, 0.717) is 18.3 Å². The molecule has 0 aliphatic carbocycles. The van der Waals surface area contributed by atoms with Gasteiger partial charge in [-0.1, -0.05) is 0 Å². The zero-order valence-corrected chi connectivity index (χ0v) is 13.7. The molecule has 4 heterocycles. The first-order valence-corrected chi connectivity index (χ1v) is 8.35. The fourth-order valence-corrected chi connectivity index (χ4v) is 4.02. The molecule has 1 fully saturated rings. The molecule has 5 nitrogen and oxygen atoms in total. The smallest absolute Gasteiger partial charge is 0.305 e. The molecule has 0 radical (unpaired) electrons. The van der Waals surface area contributed by atoms with E-state index in [2.05, 4.69) is 15.5 Å². The number of rotatable bonds is 2. The minimum Gasteiger partial charge on any atom is -0.305 e. The second-order valence-electron chi connectivity index (χ2n) is 6.62. The summed E-state index contributed by atoms with van der Waals surface area (Å²) in [5.74, 6) is 0. The molecular weight excluding hydrogens is 319 g/mol. The Morgan fingerprint density at radius 3 is 2.79 bits per heavy atom. The van der Waals surface area contributed by atoms with Gasteiger partial charge in [-0.2, -0.15) is 23.4 Å². The number of nitrogens with zero attached hydrogens (tertiary/aromatic N) is 4. The van der Waals surface area contributed by atoms with E-state index in [1.54, 1.807) is 18.7 Å². The predicted molar refractivity (Wildman–Crippen MR) is 82.3 cm³/mol. The van der Waals surface area contributed by atoms with Crippen molar-refractivity contribution in [1.29, 1.82) is 0 Å². The van der Waals surface area contributed by atoms with Crippen molar-refractivity contribution >= 4 is 0 Å². The van der Waals surface area contributed by atoms with Gasteiger partial charge in [0.2, 0.25) is 0 Å². The lowest BCUT2D eigenvalue weighted by atomic mass is 9.84. The van der Waals surface area contributed by atoms with Gasteiger partial charge < -0.3 is 5.32 Å². The van der Waals surface area contributed by atoms with Crippen molar-refractivity contribution in [2.24, 2.45) is 7.05 Å². The fourth-order valence-electron chi connectivity index (χ4n) is 4.02. The Morgan fingerprint density at radius 2 is 2.08 bits per heavy atom. The Kier molecular flexibility index (Phi) is 3.49. The number of nitrogens with one attached hydrogen (secondary N) is 1. The van der Waals surface area contributed by atoms with Crippen molar-refractivity contribution in [2.45, 2.75) is 57.4 Å². The Morgan fingerprint density at radius 1 is 1.29 bits per heavy atom. The molecule has 1 saturated heterocycles. The summed E-state index contributed by atoms with van der Waals surface area (Å²) in [6, 6.07) is 1.75. The summed E-state index contributed by atoms with van der Waals surface area (Å²) in [6.45, 7) is 2.19. The van der Waals surface area contributed by atoms with Crippen molar-refractivity contribution in [3.8, 4) is 11.4 Å². The van der Waals surface area contributed by atoms with E-state index in [1.807, 2.05) is 0 Å². The zero-order valence-electron chi connectivity index (χ0n) is 13.7. The van der Waals surface area contributed by atoms with Crippen LogP contribution in [0.3, 0.4) is 0 Å². The summed E-state index contributed by atoms with van der Waals surface area (Å²) in [6.07, 6.45) is -0.332. The standard InChI is InChI=1S/C16H20F3N5/c1-3-24-12(8-13(21-24)16(17,18)19)15-10-7-9-5-4-6-11(20-9)14(10)22-23(15)2/h8-9,11,20H,3-7H2,1-2H3/t9-,11+/m0/s1. The zero-order chi connectivity index (χ0) is 17.1. The maximum absolute atomic E-state index is 13.1. The van der Waals surface area contributed by atoms with Gasteiger partial charge in [-0.05, 0) is 38.7 Å². The lowest BCUT2D eigenvalue weighted by Gasteiger charge is -2.35. The number of hydrogen-bond donors (Lipinski definition) is 1. The van der Waals surface area contributed by atoms with Crippen LogP contribution in [-0.4, -0.2) is 25.6 Å². The summed E-state index contributed by atoms with van der Waals surface area (Å²) in [7, 11) is 1.80. The van der Waals surface area contributed by atoms with Gasteiger partial charge in [0.05, 0.1) is 23.1 Å². The number of piperidine rings is 1. The van der Waals surface area contributed by atoms with Gasteiger partial charge >= 0.3 is 6.18 Å². The van der Waals surface area contributed by atoms with Crippen molar-refractivity contribution in [2.75, 3.05) is 0 Å². The number of hydrogen-bond acceptors (Lipinski definition) is 3. The highest BCUT2D eigenvalue weighted by molar-refractivity contribution is 5.63. The molecule has 8 heteroatoms. The van der Waals surface area contributed by atoms with E-state index in [0.717, 1.165) is 42.3 Å². The second kappa shape index (κ2) is 5.34. The monoisotopic (exact) mass is 339 g/mol. The summed E-state index contributed by atoms with van der Waals surface area (Å²) in [5, 5.41) is 12.0. The maximum Gasteiger partial charge on any atom is 0.435 e. The van der Waals surface area contributed by atoms with E-state index in [-0.39, 0.29) is 6.04 Å². The molecule has 24 heavy (non-hydrogen) atoms. The molecule has 2 aliphatic rings. The van der Waals surface area contributed by atoms with Crippen LogP contribution in [0.1, 0.15) is 49.2 Å². The van der Waals surface area contributed by atoms with Crippen LogP contribution in [0.5, 0.6) is 0 Å². The molecule has 4 rings (SSSR count). The first-order valence-electron chi connectivity index (χ1n) is 8.35. The Labute approximate surface area is 137 Å². The molecule has 2 bridgehead atoms. The quantitative estimate of drug-likeness (QED) is 0.915. The molecule has 0 aromatic carbocycles. The SMILES string of the molecule is CCn1nc(C(F)(F)F)cc1-c1c2c(nn1C)[C@H]1CCC[C@@H](C2)N1. The Balaban J connectivity index is 1.86. The van der Waals surface area contributed by atoms with Crippen LogP contribution < -0.4 is 5.32 Å². The molecule has 2 aliphatic heterocycles. The topological polar surface area (TPSA) is 47.7 Å². The van der Waals surface area contributed by atoms with Gasteiger partial charge in [0.1, 0.15) is 0 Å². The lowest BCUT2D eigenvalue weighted by Crippen LogP contribution is -2.42. The van der Waals surface area contributed by atoms with E-state index in [4.69, 9.17) is 0 Å². The number of alkyl halides is 3. The van der Waals surface area contributed by atoms with Crippen molar-refractivity contribution in [1.82, 2.24) is 24.9 Å². The average molecular weight is 339 g/mol. The molecule has 0 amide bonds. The average Bonchev–Trinajstić information content (AvgIpc) is 3.08. The predicted octanol–water partition coefficient (Wildman–Crippen LogP) is 3.06. The highest BCUT2D eigenvalue weighted by Crippen LogP contribution is 2.40. The lowest BCUT2D eigenvalue weighted by molar-refractivity contribution is -0.141. The highest BCUT2D eigenvalue weighted by Gasteiger charge is 2.38. The summed E-state index contributed by atoms with van der Waals surface area (Å²) >= 11 is 0.